The van der Waals surface area contributed by atoms with Gasteiger partial charge in [-0.3, -0.25) is 29.1 Å². The molecule has 1 fully saturated rings. The molecule has 1 rings (SSSR count). The highest BCUT2D eigenvalue weighted by molar-refractivity contribution is 5.73. The van der Waals surface area contributed by atoms with Crippen LogP contribution in [0.1, 0.15) is 109 Å². The topological polar surface area (TPSA) is 130 Å². The van der Waals surface area contributed by atoms with Gasteiger partial charge in [-0.2, -0.15) is 0 Å². The average Bonchev–Trinajstić information content (AvgIpc) is 2.89. The van der Waals surface area contributed by atoms with Crippen molar-refractivity contribution >= 4 is 24.0 Å². The maximum absolute atomic E-state index is 12.9. The van der Waals surface area contributed by atoms with Crippen LogP contribution < -0.4 is 5.32 Å². The second-order valence-corrected chi connectivity index (χ2v) is 17.3. The number of carbonyl (C=O) groups excluding carboxylic acids is 4. The Morgan fingerprint density at radius 3 is 1.06 bits per heavy atom. The normalized spacial score (nSPS) is 17.3. The summed E-state index contributed by atoms with van der Waals surface area (Å²) in [6, 6.07) is 0. The van der Waals surface area contributed by atoms with Gasteiger partial charge in [0.15, 0.2) is 0 Å². The standard InChI is InChI=1S/C37H71N5O8/c1-34(2,3)47-30(43)27-40-21-19-39(18-16-14-13-15-17-38-33(46)50-37(10,11)12)20-22-41(28-31(44)48-35(4,5)6)24-26-42(25-23-40)29-32(45)49-36(7,8)9/h13-29H2,1-12H3,(H,38,46). The first-order chi connectivity index (χ1) is 22.9. The fourth-order valence-corrected chi connectivity index (χ4v) is 5.26. The lowest BCUT2D eigenvalue weighted by atomic mass is 10.2. The Hall–Kier alpha value is -2.48. The Labute approximate surface area is 303 Å². The lowest BCUT2D eigenvalue weighted by Gasteiger charge is -2.34. The molecule has 1 N–H and O–H groups in total. The molecule has 1 heterocycles. The van der Waals surface area contributed by atoms with Crippen molar-refractivity contribution < 1.29 is 38.1 Å². The Bertz CT molecular complexity index is 996. The molecule has 292 valence electrons. The summed E-state index contributed by atoms with van der Waals surface area (Å²) in [4.78, 5) is 59.2. The van der Waals surface area contributed by atoms with Gasteiger partial charge in [0, 0.05) is 58.9 Å². The minimum absolute atomic E-state index is 0.108. The van der Waals surface area contributed by atoms with E-state index in [1.807, 2.05) is 88.0 Å². The fourth-order valence-electron chi connectivity index (χ4n) is 5.26. The van der Waals surface area contributed by atoms with E-state index >= 15 is 0 Å². The second-order valence-electron chi connectivity index (χ2n) is 17.3. The first-order valence-electron chi connectivity index (χ1n) is 18.4. The molecule has 1 aliphatic heterocycles. The summed E-state index contributed by atoms with van der Waals surface area (Å²) in [5, 5.41) is 2.82. The van der Waals surface area contributed by atoms with E-state index in [9.17, 15) is 19.2 Å². The van der Waals surface area contributed by atoms with Crippen molar-refractivity contribution in [3.05, 3.63) is 0 Å². The van der Waals surface area contributed by atoms with Gasteiger partial charge in [-0.15, -0.1) is 0 Å². The zero-order valence-corrected chi connectivity index (χ0v) is 33.6. The Kier molecular flexibility index (Phi) is 19.3. The van der Waals surface area contributed by atoms with Gasteiger partial charge in [0.05, 0.1) is 19.6 Å². The molecule has 1 amide bonds. The van der Waals surface area contributed by atoms with E-state index < -0.39 is 28.5 Å². The van der Waals surface area contributed by atoms with Crippen molar-refractivity contribution in [2.24, 2.45) is 0 Å². The molecule has 0 bridgehead atoms. The Balaban J connectivity index is 3.02. The molecule has 0 aromatic carbocycles. The third-order valence-electron chi connectivity index (χ3n) is 7.32. The predicted molar refractivity (Wildman–Crippen MR) is 196 cm³/mol. The molecule has 0 spiro atoms. The minimum Gasteiger partial charge on any atom is -0.459 e. The highest BCUT2D eigenvalue weighted by atomic mass is 16.6. The van der Waals surface area contributed by atoms with E-state index in [-0.39, 0.29) is 37.5 Å². The van der Waals surface area contributed by atoms with E-state index in [4.69, 9.17) is 18.9 Å². The molecule has 1 aliphatic rings. The van der Waals surface area contributed by atoms with Crippen LogP contribution in [-0.2, 0) is 33.3 Å². The van der Waals surface area contributed by atoms with E-state index in [2.05, 4.69) is 20.0 Å². The molecule has 0 radical (unpaired) electrons. The predicted octanol–water partition coefficient (Wildman–Crippen LogP) is 4.32. The van der Waals surface area contributed by atoms with Crippen molar-refractivity contribution in [3.63, 3.8) is 0 Å². The number of alkyl carbamates (subject to hydrolysis) is 1. The summed E-state index contributed by atoms with van der Waals surface area (Å²) < 4.78 is 22.2. The number of unbranched alkanes of at least 4 members (excludes halogenated alkanes) is 3. The highest BCUT2D eigenvalue weighted by Crippen LogP contribution is 2.12. The number of rotatable bonds is 13. The Morgan fingerprint density at radius 2 is 0.740 bits per heavy atom. The molecule has 0 aliphatic carbocycles. The van der Waals surface area contributed by atoms with Gasteiger partial charge in [-0.05, 0) is 102 Å². The van der Waals surface area contributed by atoms with Crippen molar-refractivity contribution in [1.82, 2.24) is 24.9 Å². The molecule has 0 unspecified atom stereocenters. The molecule has 13 heteroatoms. The molecule has 0 aromatic rings. The molecule has 13 nitrogen and oxygen atoms in total. The van der Waals surface area contributed by atoms with Crippen LogP contribution in [0, 0.1) is 0 Å². The van der Waals surface area contributed by atoms with Crippen molar-refractivity contribution in [1.29, 1.82) is 0 Å². The third-order valence-corrected chi connectivity index (χ3v) is 7.32. The number of nitrogens with zero attached hydrogens (tertiary/aromatic N) is 4. The number of hydrogen-bond donors (Lipinski definition) is 1. The number of ether oxygens (including phenoxy) is 4. The van der Waals surface area contributed by atoms with Gasteiger partial charge in [0.1, 0.15) is 22.4 Å². The van der Waals surface area contributed by atoms with Gasteiger partial charge in [0.2, 0.25) is 0 Å². The second kappa shape index (κ2) is 21.1. The van der Waals surface area contributed by atoms with Crippen LogP contribution in [0.25, 0.3) is 0 Å². The molecule has 0 saturated carbocycles. The summed E-state index contributed by atoms with van der Waals surface area (Å²) in [6.45, 7) is 29.1. The molecule has 0 atom stereocenters. The van der Waals surface area contributed by atoms with Crippen LogP contribution in [0.5, 0.6) is 0 Å². The van der Waals surface area contributed by atoms with Crippen LogP contribution in [0.3, 0.4) is 0 Å². The van der Waals surface area contributed by atoms with Gasteiger partial charge < -0.3 is 29.2 Å². The number of carbonyl (C=O) groups is 4. The molecular formula is C37H71N5O8. The van der Waals surface area contributed by atoms with Gasteiger partial charge in [-0.1, -0.05) is 12.8 Å². The van der Waals surface area contributed by atoms with Crippen LogP contribution in [0.4, 0.5) is 4.79 Å². The van der Waals surface area contributed by atoms with Crippen LogP contribution in [0.2, 0.25) is 0 Å². The van der Waals surface area contributed by atoms with Gasteiger partial charge in [-0.25, -0.2) is 4.79 Å². The Morgan fingerprint density at radius 1 is 0.440 bits per heavy atom. The van der Waals surface area contributed by atoms with Crippen molar-refractivity contribution in [2.45, 2.75) is 131 Å². The number of hydrogen-bond acceptors (Lipinski definition) is 12. The summed E-state index contributed by atoms with van der Waals surface area (Å²) in [5.41, 5.74) is -2.29. The maximum Gasteiger partial charge on any atom is 0.407 e. The molecule has 1 saturated heterocycles. The van der Waals surface area contributed by atoms with E-state index in [1.54, 1.807) is 0 Å². The monoisotopic (exact) mass is 714 g/mol. The molecular weight excluding hydrogens is 642 g/mol. The van der Waals surface area contributed by atoms with Crippen LogP contribution in [0.15, 0.2) is 0 Å². The summed E-state index contributed by atoms with van der Waals surface area (Å²) in [5.74, 6) is -0.870. The lowest BCUT2D eigenvalue weighted by molar-refractivity contribution is -0.158. The minimum atomic E-state index is -0.602. The quantitative estimate of drug-likeness (QED) is 0.166. The summed E-state index contributed by atoms with van der Waals surface area (Å²) in [6.07, 6.45) is 3.44. The van der Waals surface area contributed by atoms with Crippen LogP contribution >= 0.6 is 0 Å². The van der Waals surface area contributed by atoms with Gasteiger partial charge >= 0.3 is 24.0 Å². The van der Waals surface area contributed by atoms with E-state index in [1.165, 1.54) is 0 Å². The molecule has 0 aromatic heterocycles. The largest absolute Gasteiger partial charge is 0.459 e. The van der Waals surface area contributed by atoms with E-state index in [0.717, 1.165) is 45.3 Å². The smallest absolute Gasteiger partial charge is 0.407 e. The first kappa shape index (κ1) is 45.5. The number of esters is 3. The molecule has 50 heavy (non-hydrogen) atoms. The lowest BCUT2D eigenvalue weighted by Crippen LogP contribution is -2.49. The summed E-state index contributed by atoms with van der Waals surface area (Å²) >= 11 is 0. The number of amides is 1. The van der Waals surface area contributed by atoms with Crippen LogP contribution in [-0.4, -0.2) is 151 Å². The first-order valence-corrected chi connectivity index (χ1v) is 18.4. The van der Waals surface area contributed by atoms with Crippen molar-refractivity contribution in [3.8, 4) is 0 Å². The zero-order chi connectivity index (χ0) is 38.2. The fraction of sp³-hybridized carbons (Fsp3) is 0.892. The summed E-state index contributed by atoms with van der Waals surface area (Å²) in [7, 11) is 0. The third kappa shape index (κ3) is 25.5. The van der Waals surface area contributed by atoms with Gasteiger partial charge in [0.25, 0.3) is 0 Å². The average molecular weight is 714 g/mol. The van der Waals surface area contributed by atoms with Crippen molar-refractivity contribution in [2.75, 3.05) is 85.1 Å². The number of nitrogens with one attached hydrogen (secondary N) is 1. The maximum atomic E-state index is 12.9. The van der Waals surface area contributed by atoms with E-state index in [0.29, 0.717) is 45.8 Å². The zero-order valence-electron chi connectivity index (χ0n) is 33.6. The highest BCUT2D eigenvalue weighted by Gasteiger charge is 2.25. The SMILES string of the molecule is CC(C)(C)OC(=O)CN1CCN(CCCCCCNC(=O)OC(C)(C)C)CCN(CC(=O)OC(C)(C)C)CCN(CC(=O)OC(C)(C)C)CC1.